The van der Waals surface area contributed by atoms with Gasteiger partial charge in [0.05, 0.1) is 18.3 Å². The van der Waals surface area contributed by atoms with Crippen molar-refractivity contribution in [3.63, 3.8) is 0 Å². The molecule has 9 atom stereocenters. The van der Waals surface area contributed by atoms with Crippen LogP contribution in [0, 0.1) is 39.4 Å². The minimum absolute atomic E-state index is 0.000148. The maximum atomic E-state index is 14.1. The van der Waals surface area contributed by atoms with Crippen LogP contribution < -0.4 is 0 Å². The molecule has 4 aliphatic carbocycles. The average molecular weight is 517 g/mol. The van der Waals surface area contributed by atoms with Crippen molar-refractivity contribution < 1.29 is 34.8 Å². The van der Waals surface area contributed by atoms with Gasteiger partial charge in [0.15, 0.2) is 5.78 Å². The fourth-order valence-electron chi connectivity index (χ4n) is 9.16. The van der Waals surface area contributed by atoms with E-state index in [9.17, 15) is 29.7 Å². The van der Waals surface area contributed by atoms with Gasteiger partial charge in [-0.25, -0.2) is 4.79 Å². The molecule has 0 unspecified atom stereocenters. The van der Waals surface area contributed by atoms with E-state index in [2.05, 4.69) is 6.92 Å². The molecule has 2 saturated carbocycles. The summed E-state index contributed by atoms with van der Waals surface area (Å²) in [6, 6.07) is 0. The summed E-state index contributed by atoms with van der Waals surface area (Å²) in [5.74, 6) is -1.27. The molecule has 0 aromatic rings. The van der Waals surface area contributed by atoms with E-state index in [4.69, 9.17) is 5.11 Å². The first-order valence-corrected chi connectivity index (χ1v) is 13.7. The van der Waals surface area contributed by atoms with E-state index in [1.807, 2.05) is 34.6 Å². The van der Waals surface area contributed by atoms with Crippen LogP contribution in [0.3, 0.4) is 0 Å². The number of aliphatic hydroxyl groups is 3. The SMILES string of the molecule is C/C(=C\[C@@H](O)C[C@@H](C)[C@H]1C[C@H](O)[C@@]2(C)C3=C(C(=O)C[C@]12C)[C@@]1(C)CCC(=O)C(C)(C)[C@@H]1C[C@@H]3O)C(=O)O. The molecule has 0 heterocycles. The molecule has 0 spiro atoms. The smallest absolute Gasteiger partial charge is 0.331 e. The molecule has 0 amide bonds. The van der Waals surface area contributed by atoms with E-state index < -0.39 is 45.9 Å². The molecular weight excluding hydrogens is 472 g/mol. The third-order valence-electron chi connectivity index (χ3n) is 11.5. The lowest BCUT2D eigenvalue weighted by Gasteiger charge is -2.61. The van der Waals surface area contributed by atoms with Crippen LogP contribution in [0.2, 0.25) is 0 Å². The van der Waals surface area contributed by atoms with Gasteiger partial charge in [0.25, 0.3) is 0 Å². The van der Waals surface area contributed by atoms with Crippen molar-refractivity contribution in [1.82, 2.24) is 0 Å². The molecule has 4 N–H and O–H groups in total. The maximum absolute atomic E-state index is 14.1. The van der Waals surface area contributed by atoms with E-state index in [0.29, 0.717) is 43.3 Å². The average Bonchev–Trinajstić information content (AvgIpc) is 2.99. The summed E-state index contributed by atoms with van der Waals surface area (Å²) in [7, 11) is 0. The molecule has 37 heavy (non-hydrogen) atoms. The third-order valence-corrected chi connectivity index (χ3v) is 11.5. The molecular formula is C30H44O7. The summed E-state index contributed by atoms with van der Waals surface area (Å²) < 4.78 is 0. The molecule has 0 bridgehead atoms. The fraction of sp³-hybridized carbons (Fsp3) is 0.767. The van der Waals surface area contributed by atoms with Gasteiger partial charge >= 0.3 is 5.97 Å². The molecule has 0 radical (unpaired) electrons. The summed E-state index contributed by atoms with van der Waals surface area (Å²) in [6.07, 6.45) is 1.04. The topological polar surface area (TPSA) is 132 Å². The van der Waals surface area contributed by atoms with Gasteiger partial charge in [0.2, 0.25) is 0 Å². The van der Waals surface area contributed by atoms with Crippen molar-refractivity contribution in [1.29, 1.82) is 0 Å². The molecule has 7 nitrogen and oxygen atoms in total. The molecule has 0 aromatic heterocycles. The standard InChI is InChI=1S/C30H44O7/c1-15(10-17(31)11-16(2)26(36)37)18-12-23(35)30(7)25-19(32)13-21-27(3,4)22(34)8-9-28(21,5)24(25)20(33)14-29(18,30)6/h11,15,17-19,21,23,31-32,35H,8-10,12-14H2,1-7H3,(H,36,37)/b16-11+/t15-,17+,18-,19+,21+,23+,28+,29-,30+/m1/s1. The fourth-order valence-corrected chi connectivity index (χ4v) is 9.16. The van der Waals surface area contributed by atoms with Crippen molar-refractivity contribution in [2.24, 2.45) is 39.4 Å². The highest BCUT2D eigenvalue weighted by atomic mass is 16.4. The number of hydrogen-bond acceptors (Lipinski definition) is 6. The minimum Gasteiger partial charge on any atom is -0.478 e. The van der Waals surface area contributed by atoms with Gasteiger partial charge in [-0.15, -0.1) is 0 Å². The number of carbonyl (C=O) groups is 3. The van der Waals surface area contributed by atoms with Crippen LogP contribution in [0.5, 0.6) is 0 Å². The summed E-state index contributed by atoms with van der Waals surface area (Å²) in [6.45, 7) is 13.4. The lowest BCUT2D eigenvalue weighted by molar-refractivity contribution is -0.146. The van der Waals surface area contributed by atoms with E-state index in [0.717, 1.165) is 0 Å². The number of hydrogen-bond donors (Lipinski definition) is 4. The van der Waals surface area contributed by atoms with Crippen molar-refractivity contribution in [3.8, 4) is 0 Å². The zero-order valence-electron chi connectivity index (χ0n) is 23.3. The molecule has 206 valence electrons. The van der Waals surface area contributed by atoms with Crippen LogP contribution in [0.1, 0.15) is 87.0 Å². The summed E-state index contributed by atoms with van der Waals surface area (Å²) >= 11 is 0. The number of rotatable bonds is 5. The first kappa shape index (κ1) is 28.2. The van der Waals surface area contributed by atoms with Crippen LogP contribution in [-0.2, 0) is 14.4 Å². The number of carbonyl (C=O) groups excluding carboxylic acids is 2. The Kier molecular flexibility index (Phi) is 6.74. The zero-order chi connectivity index (χ0) is 27.9. The zero-order valence-corrected chi connectivity index (χ0v) is 23.3. The second-order valence-corrected chi connectivity index (χ2v) is 13.7. The van der Waals surface area contributed by atoms with Crippen molar-refractivity contribution in [2.45, 2.75) is 105 Å². The summed E-state index contributed by atoms with van der Waals surface area (Å²) in [5.41, 5.74) is -1.26. The van der Waals surface area contributed by atoms with Gasteiger partial charge in [-0.05, 0) is 67.4 Å². The number of ketones is 2. The quantitative estimate of drug-likeness (QED) is 0.408. The highest BCUT2D eigenvalue weighted by molar-refractivity contribution is 6.01. The minimum atomic E-state index is -1.08. The van der Waals surface area contributed by atoms with Gasteiger partial charge in [0, 0.05) is 40.2 Å². The molecule has 0 saturated heterocycles. The lowest BCUT2D eigenvalue weighted by Crippen LogP contribution is -2.60. The Morgan fingerprint density at radius 1 is 1.11 bits per heavy atom. The van der Waals surface area contributed by atoms with Crippen LogP contribution >= 0.6 is 0 Å². The van der Waals surface area contributed by atoms with Crippen molar-refractivity contribution in [3.05, 3.63) is 22.8 Å². The molecule has 0 aromatic carbocycles. The Morgan fingerprint density at radius 2 is 1.73 bits per heavy atom. The van der Waals surface area contributed by atoms with Gasteiger partial charge in [-0.3, -0.25) is 9.59 Å². The van der Waals surface area contributed by atoms with Gasteiger partial charge in [0.1, 0.15) is 5.78 Å². The van der Waals surface area contributed by atoms with E-state index in [-0.39, 0.29) is 41.3 Å². The van der Waals surface area contributed by atoms with Crippen LogP contribution in [0.4, 0.5) is 0 Å². The predicted octanol–water partition coefficient (Wildman–Crippen LogP) is 3.84. The molecule has 7 heteroatoms. The Hall–Kier alpha value is -1.83. The number of carboxylic acid groups (broad SMARTS) is 1. The first-order chi connectivity index (χ1) is 16.9. The van der Waals surface area contributed by atoms with Gasteiger partial charge < -0.3 is 20.4 Å². The first-order valence-electron chi connectivity index (χ1n) is 13.7. The van der Waals surface area contributed by atoms with Crippen molar-refractivity contribution >= 4 is 17.5 Å². The number of Topliss-reactive ketones (excluding diaryl/α,β-unsaturated/α-hetero) is 2. The number of fused-ring (bicyclic) bond motifs is 4. The predicted molar refractivity (Wildman–Crippen MR) is 138 cm³/mol. The van der Waals surface area contributed by atoms with Crippen LogP contribution in [0.15, 0.2) is 22.8 Å². The molecule has 4 aliphatic rings. The van der Waals surface area contributed by atoms with E-state index >= 15 is 0 Å². The van der Waals surface area contributed by atoms with Gasteiger partial charge in [-0.2, -0.15) is 0 Å². The number of allylic oxidation sites excluding steroid dienone is 1. The normalized spacial score (nSPS) is 43.1. The Balaban J connectivity index is 1.77. The van der Waals surface area contributed by atoms with Crippen LogP contribution in [-0.4, -0.2) is 56.3 Å². The van der Waals surface area contributed by atoms with E-state index in [1.165, 1.54) is 13.0 Å². The Labute approximate surface area is 220 Å². The largest absolute Gasteiger partial charge is 0.478 e. The number of carboxylic acids is 1. The highest BCUT2D eigenvalue weighted by Gasteiger charge is 2.70. The molecule has 0 aliphatic heterocycles. The van der Waals surface area contributed by atoms with E-state index in [1.54, 1.807) is 0 Å². The second-order valence-electron chi connectivity index (χ2n) is 13.7. The molecule has 2 fully saturated rings. The monoisotopic (exact) mass is 516 g/mol. The Bertz CT molecular complexity index is 1090. The summed E-state index contributed by atoms with van der Waals surface area (Å²) in [5, 5.41) is 43.0. The Morgan fingerprint density at radius 3 is 2.32 bits per heavy atom. The molecule has 4 rings (SSSR count). The number of aliphatic hydroxyl groups excluding tert-OH is 3. The second kappa shape index (κ2) is 8.85. The number of aliphatic carboxylic acids is 1. The van der Waals surface area contributed by atoms with Gasteiger partial charge in [-0.1, -0.05) is 41.5 Å². The lowest BCUT2D eigenvalue weighted by atomic mass is 9.42. The third kappa shape index (κ3) is 3.82. The van der Waals surface area contributed by atoms with Crippen molar-refractivity contribution in [2.75, 3.05) is 0 Å². The van der Waals surface area contributed by atoms with Crippen LogP contribution in [0.25, 0.3) is 0 Å². The summed E-state index contributed by atoms with van der Waals surface area (Å²) in [4.78, 5) is 38.1. The highest BCUT2D eigenvalue weighted by Crippen LogP contribution is 2.71. The maximum Gasteiger partial charge on any atom is 0.331 e.